The van der Waals surface area contributed by atoms with Crippen LogP contribution < -0.4 is 10.6 Å². The molecule has 0 aromatic heterocycles. The van der Waals surface area contributed by atoms with Crippen molar-refractivity contribution in [3.63, 3.8) is 0 Å². The molecule has 0 bridgehead atoms. The van der Waals surface area contributed by atoms with Crippen LogP contribution in [0.25, 0.3) is 0 Å². The molecule has 23 heavy (non-hydrogen) atoms. The fourth-order valence-electron chi connectivity index (χ4n) is 1.70. The molecule has 126 valence electrons. The lowest BCUT2D eigenvalue weighted by Gasteiger charge is -2.07. The predicted octanol–water partition coefficient (Wildman–Crippen LogP) is 2.36. The Balaban J connectivity index is 2.37. The summed E-state index contributed by atoms with van der Waals surface area (Å²) >= 11 is 1.77. The number of rotatable bonds is 10. The lowest BCUT2D eigenvalue weighted by Crippen LogP contribution is -2.29. The van der Waals surface area contributed by atoms with Crippen molar-refractivity contribution in [1.29, 1.82) is 0 Å². The highest BCUT2D eigenvalue weighted by Crippen LogP contribution is 2.11. The molecule has 0 aliphatic heterocycles. The summed E-state index contributed by atoms with van der Waals surface area (Å²) in [7, 11) is 0. The van der Waals surface area contributed by atoms with Crippen molar-refractivity contribution >= 4 is 35.2 Å². The van der Waals surface area contributed by atoms with Crippen LogP contribution in [-0.2, 0) is 9.59 Å². The first-order valence-corrected chi connectivity index (χ1v) is 8.66. The predicted molar refractivity (Wildman–Crippen MR) is 91.9 cm³/mol. The smallest absolute Gasteiger partial charge is 0.322 e. The Morgan fingerprint density at radius 2 is 1.83 bits per heavy atom. The van der Waals surface area contributed by atoms with E-state index in [1.165, 1.54) is 0 Å². The van der Waals surface area contributed by atoms with Crippen molar-refractivity contribution in [3.8, 4) is 0 Å². The second kappa shape index (κ2) is 10.7. The van der Waals surface area contributed by atoms with Crippen LogP contribution in [0.15, 0.2) is 24.3 Å². The fourth-order valence-corrected chi connectivity index (χ4v) is 2.73. The van der Waals surface area contributed by atoms with Gasteiger partial charge < -0.3 is 15.7 Å². The SMILES string of the molecule is CCCCSCCC(=O)Nc1ccc(C(=O)NCC(=O)O)cc1. The van der Waals surface area contributed by atoms with E-state index in [4.69, 9.17) is 5.11 Å². The molecule has 2 amide bonds. The van der Waals surface area contributed by atoms with E-state index in [2.05, 4.69) is 17.6 Å². The van der Waals surface area contributed by atoms with Gasteiger partial charge in [-0.05, 0) is 36.4 Å². The first-order valence-electron chi connectivity index (χ1n) is 7.50. The largest absolute Gasteiger partial charge is 0.480 e. The molecule has 0 aliphatic carbocycles. The van der Waals surface area contributed by atoms with Gasteiger partial charge in [0.2, 0.25) is 5.91 Å². The molecule has 0 heterocycles. The van der Waals surface area contributed by atoms with E-state index in [1.807, 2.05) is 0 Å². The van der Waals surface area contributed by atoms with Crippen molar-refractivity contribution in [1.82, 2.24) is 5.32 Å². The summed E-state index contributed by atoms with van der Waals surface area (Å²) in [5, 5.41) is 13.6. The Bertz CT molecular complexity index is 531. The van der Waals surface area contributed by atoms with Gasteiger partial charge in [0.1, 0.15) is 6.54 Å². The van der Waals surface area contributed by atoms with Gasteiger partial charge in [0.15, 0.2) is 0 Å². The third-order valence-electron chi connectivity index (χ3n) is 2.95. The third kappa shape index (κ3) is 8.25. The van der Waals surface area contributed by atoms with E-state index in [0.717, 1.165) is 24.3 Å². The summed E-state index contributed by atoms with van der Waals surface area (Å²) in [5.41, 5.74) is 0.961. The van der Waals surface area contributed by atoms with Gasteiger partial charge in [0, 0.05) is 23.4 Å². The van der Waals surface area contributed by atoms with Crippen LogP contribution in [-0.4, -0.2) is 40.9 Å². The standard InChI is InChI=1S/C16H22N2O4S/c1-2-3-9-23-10-8-14(19)18-13-6-4-12(5-7-13)16(22)17-11-15(20)21/h4-7H,2-3,8-11H2,1H3,(H,17,22)(H,18,19)(H,20,21). The summed E-state index contributed by atoms with van der Waals surface area (Å²) in [6.07, 6.45) is 2.78. The fraction of sp³-hybridized carbons (Fsp3) is 0.438. The van der Waals surface area contributed by atoms with Crippen molar-refractivity contribution in [2.75, 3.05) is 23.4 Å². The third-order valence-corrected chi connectivity index (χ3v) is 4.02. The Hall–Kier alpha value is -2.02. The number of anilines is 1. The number of unbranched alkanes of at least 4 members (excludes halogenated alkanes) is 1. The molecule has 6 nitrogen and oxygen atoms in total. The maximum atomic E-state index is 11.8. The molecule has 1 aromatic rings. The molecule has 1 aromatic carbocycles. The minimum Gasteiger partial charge on any atom is -0.480 e. The number of amides is 2. The molecule has 7 heteroatoms. The van der Waals surface area contributed by atoms with Crippen molar-refractivity contribution < 1.29 is 19.5 Å². The highest BCUT2D eigenvalue weighted by molar-refractivity contribution is 7.99. The maximum absolute atomic E-state index is 11.8. The van der Waals surface area contributed by atoms with E-state index < -0.39 is 18.4 Å². The van der Waals surface area contributed by atoms with Crippen LogP contribution in [0.2, 0.25) is 0 Å². The number of carbonyl (C=O) groups is 3. The highest BCUT2D eigenvalue weighted by Gasteiger charge is 2.08. The van der Waals surface area contributed by atoms with Gasteiger partial charge in [0.05, 0.1) is 0 Å². The van der Waals surface area contributed by atoms with Gasteiger partial charge in [-0.15, -0.1) is 0 Å². The van der Waals surface area contributed by atoms with Crippen LogP contribution in [0.5, 0.6) is 0 Å². The van der Waals surface area contributed by atoms with E-state index in [1.54, 1.807) is 36.0 Å². The van der Waals surface area contributed by atoms with Crippen molar-refractivity contribution in [2.24, 2.45) is 0 Å². The molecule has 0 saturated carbocycles. The van der Waals surface area contributed by atoms with E-state index in [9.17, 15) is 14.4 Å². The second-order valence-electron chi connectivity index (χ2n) is 4.92. The Morgan fingerprint density at radius 1 is 1.13 bits per heavy atom. The lowest BCUT2D eigenvalue weighted by molar-refractivity contribution is -0.135. The molecule has 0 aliphatic rings. The summed E-state index contributed by atoms with van der Waals surface area (Å²) in [5.74, 6) is 0.250. The number of hydrogen-bond acceptors (Lipinski definition) is 4. The first kappa shape index (κ1) is 19.0. The minimum absolute atomic E-state index is 0.0583. The molecule has 0 radical (unpaired) electrons. The number of carboxylic acids is 1. The first-order chi connectivity index (χ1) is 11.0. The monoisotopic (exact) mass is 338 g/mol. The summed E-state index contributed by atoms with van der Waals surface area (Å²) in [6.45, 7) is 1.71. The number of thioether (sulfide) groups is 1. The Labute approximate surface area is 140 Å². The van der Waals surface area contributed by atoms with Gasteiger partial charge in [-0.2, -0.15) is 11.8 Å². The van der Waals surface area contributed by atoms with Crippen LogP contribution in [0, 0.1) is 0 Å². The lowest BCUT2D eigenvalue weighted by atomic mass is 10.2. The minimum atomic E-state index is -1.10. The van der Waals surface area contributed by atoms with Crippen molar-refractivity contribution in [2.45, 2.75) is 26.2 Å². The number of aliphatic carboxylic acids is 1. The van der Waals surface area contributed by atoms with Crippen molar-refractivity contribution in [3.05, 3.63) is 29.8 Å². The van der Waals surface area contributed by atoms with Gasteiger partial charge in [0.25, 0.3) is 5.91 Å². The van der Waals surface area contributed by atoms with Gasteiger partial charge in [-0.1, -0.05) is 13.3 Å². The highest BCUT2D eigenvalue weighted by atomic mass is 32.2. The maximum Gasteiger partial charge on any atom is 0.322 e. The van der Waals surface area contributed by atoms with Gasteiger partial charge in [-0.25, -0.2) is 0 Å². The molecule has 0 saturated heterocycles. The summed E-state index contributed by atoms with van der Waals surface area (Å²) < 4.78 is 0. The topological polar surface area (TPSA) is 95.5 Å². The molecule has 0 unspecified atom stereocenters. The second-order valence-corrected chi connectivity index (χ2v) is 6.14. The number of nitrogens with one attached hydrogen (secondary N) is 2. The number of benzene rings is 1. The summed E-state index contributed by atoms with van der Waals surface area (Å²) in [6, 6.07) is 6.33. The zero-order valence-corrected chi connectivity index (χ0v) is 13.9. The number of hydrogen-bond donors (Lipinski definition) is 3. The molecular weight excluding hydrogens is 316 g/mol. The van der Waals surface area contributed by atoms with Crippen LogP contribution >= 0.6 is 11.8 Å². The summed E-state index contributed by atoms with van der Waals surface area (Å²) in [4.78, 5) is 33.8. The molecule has 0 spiro atoms. The van der Waals surface area contributed by atoms with Crippen LogP contribution in [0.3, 0.4) is 0 Å². The van der Waals surface area contributed by atoms with Gasteiger partial charge >= 0.3 is 5.97 Å². The zero-order valence-electron chi connectivity index (χ0n) is 13.1. The van der Waals surface area contributed by atoms with Gasteiger partial charge in [-0.3, -0.25) is 14.4 Å². The molecule has 1 rings (SSSR count). The molecular formula is C16H22N2O4S. The number of carboxylic acid groups (broad SMARTS) is 1. The quantitative estimate of drug-likeness (QED) is 0.569. The normalized spacial score (nSPS) is 10.1. The Morgan fingerprint density at radius 3 is 2.43 bits per heavy atom. The van der Waals surface area contributed by atoms with Crippen LogP contribution in [0.4, 0.5) is 5.69 Å². The average Bonchev–Trinajstić information content (AvgIpc) is 2.53. The zero-order chi connectivity index (χ0) is 17.1. The Kier molecular flexibility index (Phi) is 8.82. The average molecular weight is 338 g/mol. The molecule has 0 fully saturated rings. The number of carbonyl (C=O) groups excluding carboxylic acids is 2. The van der Waals surface area contributed by atoms with E-state index in [0.29, 0.717) is 17.7 Å². The molecule has 3 N–H and O–H groups in total. The van der Waals surface area contributed by atoms with E-state index >= 15 is 0 Å². The molecule has 0 atom stereocenters. The van der Waals surface area contributed by atoms with E-state index in [-0.39, 0.29) is 5.91 Å². The van der Waals surface area contributed by atoms with Crippen LogP contribution in [0.1, 0.15) is 36.5 Å².